The molecule has 0 N–H and O–H groups in total. The Labute approximate surface area is 159 Å². The van der Waals surface area contributed by atoms with Crippen LogP contribution in [0.2, 0.25) is 0 Å². The van der Waals surface area contributed by atoms with Gasteiger partial charge >= 0.3 is 0 Å². The van der Waals surface area contributed by atoms with Crippen LogP contribution in [0.25, 0.3) is 6.08 Å². The molecule has 0 atom stereocenters. The zero-order valence-electron chi connectivity index (χ0n) is 15.2. The van der Waals surface area contributed by atoms with Crippen LogP contribution >= 0.6 is 0 Å². The minimum absolute atomic E-state index is 0.274. The smallest absolute Gasteiger partial charge is 0.236 e. The molecule has 0 aliphatic carbocycles. The summed E-state index contributed by atoms with van der Waals surface area (Å²) in [7, 11) is -3.52. The summed E-state index contributed by atoms with van der Waals surface area (Å²) in [6.45, 7) is 5.39. The highest BCUT2D eigenvalue weighted by atomic mass is 32.2. The van der Waals surface area contributed by atoms with E-state index in [4.69, 9.17) is 4.74 Å². The van der Waals surface area contributed by atoms with Crippen LogP contribution in [0.15, 0.2) is 35.9 Å². The van der Waals surface area contributed by atoms with Crippen LogP contribution in [0.3, 0.4) is 0 Å². The van der Waals surface area contributed by atoms with E-state index in [0.29, 0.717) is 25.7 Å². The predicted octanol–water partition coefficient (Wildman–Crippen LogP) is 1.94. The van der Waals surface area contributed by atoms with E-state index in [1.165, 1.54) is 9.71 Å². The Morgan fingerprint density at radius 1 is 1.11 bits per heavy atom. The SMILES string of the molecule is Cc1ccc(/C=C/S(=O)(=O)N2Cc3cnc(N4CCOCC4)nc3C2)cc1. The van der Waals surface area contributed by atoms with Crippen molar-refractivity contribution in [3.05, 3.63) is 58.3 Å². The molecule has 27 heavy (non-hydrogen) atoms. The summed E-state index contributed by atoms with van der Waals surface area (Å²) in [5, 5.41) is 1.26. The lowest BCUT2D eigenvalue weighted by atomic mass is 10.2. The van der Waals surface area contributed by atoms with Crippen molar-refractivity contribution in [1.29, 1.82) is 0 Å². The van der Waals surface area contributed by atoms with Crippen LogP contribution in [0, 0.1) is 6.92 Å². The number of hydrogen-bond acceptors (Lipinski definition) is 6. The predicted molar refractivity (Wildman–Crippen MR) is 103 cm³/mol. The number of ether oxygens (including phenoxy) is 1. The average Bonchev–Trinajstić information content (AvgIpc) is 3.13. The fraction of sp³-hybridized carbons (Fsp3) is 0.368. The molecule has 1 aromatic heterocycles. The minimum Gasteiger partial charge on any atom is -0.378 e. The Morgan fingerprint density at radius 2 is 1.85 bits per heavy atom. The van der Waals surface area contributed by atoms with Crippen molar-refractivity contribution in [3.8, 4) is 0 Å². The first-order valence-corrected chi connectivity index (χ1v) is 10.4. The summed E-state index contributed by atoms with van der Waals surface area (Å²) in [5.74, 6) is 0.645. The average molecular weight is 386 g/mol. The van der Waals surface area contributed by atoms with E-state index in [9.17, 15) is 8.42 Å². The Balaban J connectivity index is 1.48. The standard InChI is InChI=1S/C19H22N4O3S/c1-15-2-4-16(5-3-15)6-11-27(24,25)23-13-17-12-20-19(21-18(17)14-23)22-7-9-26-10-8-22/h2-6,11-12H,7-10,13-14H2,1H3/b11-6+. The van der Waals surface area contributed by atoms with Gasteiger partial charge in [-0.25, -0.2) is 18.4 Å². The zero-order chi connectivity index (χ0) is 18.9. The Kier molecular flexibility index (Phi) is 4.94. The third-order valence-electron chi connectivity index (χ3n) is 4.78. The molecule has 1 fully saturated rings. The van der Waals surface area contributed by atoms with Gasteiger partial charge in [-0.15, -0.1) is 0 Å². The molecule has 2 aliphatic heterocycles. The molecule has 7 nitrogen and oxygen atoms in total. The second-order valence-electron chi connectivity index (χ2n) is 6.77. The van der Waals surface area contributed by atoms with Crippen molar-refractivity contribution < 1.29 is 13.2 Å². The quantitative estimate of drug-likeness (QED) is 0.799. The van der Waals surface area contributed by atoms with Crippen LogP contribution in [-0.2, 0) is 27.8 Å². The van der Waals surface area contributed by atoms with E-state index in [2.05, 4.69) is 14.9 Å². The number of aryl methyl sites for hydroxylation is 1. The van der Waals surface area contributed by atoms with Crippen LogP contribution in [0.4, 0.5) is 5.95 Å². The Bertz CT molecular complexity index is 951. The third-order valence-corrected chi connectivity index (χ3v) is 6.24. The van der Waals surface area contributed by atoms with Crippen molar-refractivity contribution in [2.45, 2.75) is 20.0 Å². The van der Waals surface area contributed by atoms with E-state index in [-0.39, 0.29) is 6.54 Å². The summed E-state index contributed by atoms with van der Waals surface area (Å²) >= 11 is 0. The van der Waals surface area contributed by atoms with E-state index < -0.39 is 10.0 Å². The number of hydrogen-bond donors (Lipinski definition) is 0. The fourth-order valence-corrected chi connectivity index (χ4v) is 4.26. The first-order chi connectivity index (χ1) is 13.0. The van der Waals surface area contributed by atoms with Crippen molar-refractivity contribution in [2.24, 2.45) is 0 Å². The number of nitrogens with zero attached hydrogens (tertiary/aromatic N) is 4. The maximum atomic E-state index is 12.7. The van der Waals surface area contributed by atoms with Crippen molar-refractivity contribution in [2.75, 3.05) is 31.2 Å². The normalized spacial score (nSPS) is 18.2. The van der Waals surface area contributed by atoms with Gasteiger partial charge in [-0.1, -0.05) is 29.8 Å². The second-order valence-corrected chi connectivity index (χ2v) is 8.59. The van der Waals surface area contributed by atoms with Gasteiger partial charge in [0.15, 0.2) is 0 Å². The fourth-order valence-electron chi connectivity index (χ4n) is 3.14. The number of benzene rings is 1. The third kappa shape index (κ3) is 4.02. The van der Waals surface area contributed by atoms with Gasteiger partial charge < -0.3 is 9.64 Å². The number of sulfonamides is 1. The monoisotopic (exact) mass is 386 g/mol. The van der Waals surface area contributed by atoms with E-state index >= 15 is 0 Å². The largest absolute Gasteiger partial charge is 0.378 e. The lowest BCUT2D eigenvalue weighted by molar-refractivity contribution is 0.122. The van der Waals surface area contributed by atoms with Crippen LogP contribution in [0.5, 0.6) is 0 Å². The van der Waals surface area contributed by atoms with Crippen molar-refractivity contribution in [1.82, 2.24) is 14.3 Å². The highest BCUT2D eigenvalue weighted by Crippen LogP contribution is 2.26. The van der Waals surface area contributed by atoms with E-state index in [0.717, 1.165) is 35.5 Å². The topological polar surface area (TPSA) is 75.6 Å². The van der Waals surface area contributed by atoms with Crippen LogP contribution < -0.4 is 4.90 Å². The summed E-state index contributed by atoms with van der Waals surface area (Å²) in [5.41, 5.74) is 3.63. The van der Waals surface area contributed by atoms with Gasteiger partial charge in [-0.05, 0) is 18.6 Å². The highest BCUT2D eigenvalue weighted by molar-refractivity contribution is 7.92. The lowest BCUT2D eigenvalue weighted by Gasteiger charge is -2.26. The molecule has 0 radical (unpaired) electrons. The Morgan fingerprint density at radius 3 is 2.59 bits per heavy atom. The number of fused-ring (bicyclic) bond motifs is 1. The lowest BCUT2D eigenvalue weighted by Crippen LogP contribution is -2.37. The number of rotatable bonds is 4. The maximum Gasteiger partial charge on any atom is 0.236 e. The summed E-state index contributed by atoms with van der Waals surface area (Å²) < 4.78 is 32.2. The first-order valence-electron chi connectivity index (χ1n) is 8.94. The van der Waals surface area contributed by atoms with E-state index in [1.807, 2.05) is 31.2 Å². The summed E-state index contributed by atoms with van der Waals surface area (Å²) in [6.07, 6.45) is 3.37. The van der Waals surface area contributed by atoms with Crippen LogP contribution in [0.1, 0.15) is 22.4 Å². The molecule has 3 heterocycles. The zero-order valence-corrected chi connectivity index (χ0v) is 16.0. The summed E-state index contributed by atoms with van der Waals surface area (Å²) in [6, 6.07) is 7.72. The summed E-state index contributed by atoms with van der Waals surface area (Å²) in [4.78, 5) is 11.1. The molecule has 1 aromatic carbocycles. The van der Waals surface area contributed by atoms with Gasteiger partial charge in [0.05, 0.1) is 25.5 Å². The van der Waals surface area contributed by atoms with Gasteiger partial charge in [-0.3, -0.25) is 0 Å². The van der Waals surface area contributed by atoms with Crippen LogP contribution in [-0.4, -0.2) is 49.0 Å². The van der Waals surface area contributed by atoms with Crippen molar-refractivity contribution >= 4 is 22.0 Å². The van der Waals surface area contributed by atoms with Gasteiger partial charge in [0.1, 0.15) is 0 Å². The van der Waals surface area contributed by atoms with Gasteiger partial charge in [-0.2, -0.15) is 4.31 Å². The van der Waals surface area contributed by atoms with Gasteiger partial charge in [0, 0.05) is 36.8 Å². The molecule has 0 spiro atoms. The van der Waals surface area contributed by atoms with E-state index in [1.54, 1.807) is 12.3 Å². The molecule has 2 aliphatic rings. The maximum absolute atomic E-state index is 12.7. The minimum atomic E-state index is -3.52. The second kappa shape index (κ2) is 7.38. The number of anilines is 1. The molecule has 142 valence electrons. The molecule has 0 amide bonds. The molecule has 0 saturated carbocycles. The molecule has 1 saturated heterocycles. The molecule has 4 rings (SSSR count). The van der Waals surface area contributed by atoms with Gasteiger partial charge in [0.25, 0.3) is 0 Å². The molecule has 2 aromatic rings. The highest BCUT2D eigenvalue weighted by Gasteiger charge is 2.29. The van der Waals surface area contributed by atoms with Gasteiger partial charge in [0.2, 0.25) is 16.0 Å². The molecule has 0 unspecified atom stereocenters. The molecule has 8 heteroatoms. The first kappa shape index (κ1) is 18.1. The molecular formula is C19H22N4O3S. The molecular weight excluding hydrogens is 364 g/mol. The number of aromatic nitrogens is 2. The molecule has 0 bridgehead atoms. The number of morpholine rings is 1. The van der Waals surface area contributed by atoms with Crippen molar-refractivity contribution in [3.63, 3.8) is 0 Å². The Hall–Kier alpha value is -2.29.